The lowest BCUT2D eigenvalue weighted by Crippen LogP contribution is -2.30. The van der Waals surface area contributed by atoms with Gasteiger partial charge in [-0.2, -0.15) is 5.10 Å². The van der Waals surface area contributed by atoms with Crippen LogP contribution in [-0.2, 0) is 14.3 Å². The van der Waals surface area contributed by atoms with Gasteiger partial charge >= 0.3 is 5.97 Å². The highest BCUT2D eigenvalue weighted by Crippen LogP contribution is 2.26. The summed E-state index contributed by atoms with van der Waals surface area (Å²) in [6.45, 7) is -0.283. The lowest BCUT2D eigenvalue weighted by molar-refractivity contribution is -0.143. The average Bonchev–Trinajstić information content (AvgIpc) is 3.52. The van der Waals surface area contributed by atoms with Crippen molar-refractivity contribution in [3.63, 3.8) is 0 Å². The molecule has 4 rings (SSSR count). The number of aromatic nitrogens is 2. The van der Waals surface area contributed by atoms with Crippen LogP contribution in [0.5, 0.6) is 5.75 Å². The highest BCUT2D eigenvalue weighted by atomic mass is 16.5. The molecular weight excluding hydrogens is 394 g/mol. The predicted molar refractivity (Wildman–Crippen MR) is 117 cm³/mol. The number of rotatable bonds is 8. The van der Waals surface area contributed by atoms with Gasteiger partial charge in [-0.15, -0.1) is 0 Å². The molecule has 2 aromatic carbocycles. The minimum atomic E-state index is -0.584. The number of carbonyl (C=O) groups excluding carboxylic acids is 2. The van der Waals surface area contributed by atoms with Gasteiger partial charge < -0.3 is 14.8 Å². The number of hydrogen-bond donors (Lipinski definition) is 1. The second-order valence-corrected chi connectivity index (χ2v) is 7.22. The summed E-state index contributed by atoms with van der Waals surface area (Å²) < 4.78 is 12.0. The number of carbonyl (C=O) groups is 2. The van der Waals surface area contributed by atoms with Crippen molar-refractivity contribution in [2.45, 2.75) is 18.9 Å². The molecule has 0 spiro atoms. The van der Waals surface area contributed by atoms with Gasteiger partial charge in [0.2, 0.25) is 0 Å². The summed E-state index contributed by atoms with van der Waals surface area (Å²) in [7, 11) is 1.61. The van der Waals surface area contributed by atoms with Gasteiger partial charge in [0.05, 0.1) is 18.5 Å². The number of methoxy groups -OCH3 is 1. The monoisotopic (exact) mass is 417 g/mol. The first kappa shape index (κ1) is 20.4. The fourth-order valence-electron chi connectivity index (χ4n) is 3.04. The number of hydrogen-bond acceptors (Lipinski definition) is 5. The van der Waals surface area contributed by atoms with Crippen molar-refractivity contribution in [3.05, 3.63) is 72.4 Å². The highest BCUT2D eigenvalue weighted by molar-refractivity contribution is 5.90. The van der Waals surface area contributed by atoms with Gasteiger partial charge in [0.15, 0.2) is 6.61 Å². The Morgan fingerprint density at radius 1 is 1.13 bits per heavy atom. The maximum atomic E-state index is 12.1. The number of esters is 1. The summed E-state index contributed by atoms with van der Waals surface area (Å²) in [6, 6.07) is 17.5. The van der Waals surface area contributed by atoms with Crippen molar-refractivity contribution in [3.8, 4) is 22.7 Å². The Labute approximate surface area is 180 Å². The Hall–Kier alpha value is -3.87. The number of amides is 1. The summed E-state index contributed by atoms with van der Waals surface area (Å²) in [5.41, 5.74) is 3.24. The van der Waals surface area contributed by atoms with Gasteiger partial charge in [0.1, 0.15) is 5.75 Å². The zero-order chi connectivity index (χ0) is 21.6. The Balaban J connectivity index is 1.54. The molecule has 0 atom stereocenters. The van der Waals surface area contributed by atoms with Crippen LogP contribution in [0.4, 0.5) is 0 Å². The summed E-state index contributed by atoms with van der Waals surface area (Å²) >= 11 is 0. The van der Waals surface area contributed by atoms with Gasteiger partial charge in [0.25, 0.3) is 5.91 Å². The van der Waals surface area contributed by atoms with Crippen molar-refractivity contribution in [1.82, 2.24) is 15.1 Å². The van der Waals surface area contributed by atoms with Crippen molar-refractivity contribution in [1.29, 1.82) is 0 Å². The van der Waals surface area contributed by atoms with Gasteiger partial charge in [-0.3, -0.25) is 4.79 Å². The average molecular weight is 417 g/mol. The van der Waals surface area contributed by atoms with Crippen molar-refractivity contribution in [2.75, 3.05) is 13.7 Å². The first-order chi connectivity index (χ1) is 15.1. The summed E-state index contributed by atoms with van der Waals surface area (Å²) in [4.78, 5) is 23.8. The molecule has 1 saturated carbocycles. The van der Waals surface area contributed by atoms with E-state index in [4.69, 9.17) is 14.6 Å². The normalized spacial score (nSPS) is 13.2. The van der Waals surface area contributed by atoms with Gasteiger partial charge in [-0.05, 0) is 55.3 Å². The molecule has 7 nitrogen and oxygen atoms in total. The quantitative estimate of drug-likeness (QED) is 0.449. The summed E-state index contributed by atoms with van der Waals surface area (Å²) in [6.07, 6.45) is 6.77. The molecular formula is C24H23N3O4. The third-order valence-corrected chi connectivity index (χ3v) is 4.81. The number of nitrogens with zero attached hydrogens (tertiary/aromatic N) is 2. The SMILES string of the molecule is COc1ccc(-c2nn(-c3ccccc3)cc2/C=C/C(=O)OCC(=O)NC2CC2)cc1. The lowest BCUT2D eigenvalue weighted by atomic mass is 10.1. The zero-order valence-corrected chi connectivity index (χ0v) is 17.2. The predicted octanol–water partition coefficient (Wildman–Crippen LogP) is 3.38. The minimum absolute atomic E-state index is 0.234. The van der Waals surface area contributed by atoms with Crippen molar-refractivity contribution >= 4 is 18.0 Å². The number of benzene rings is 2. The van der Waals surface area contributed by atoms with E-state index in [1.807, 2.05) is 60.8 Å². The molecule has 0 unspecified atom stereocenters. The topological polar surface area (TPSA) is 82.5 Å². The summed E-state index contributed by atoms with van der Waals surface area (Å²) in [5.74, 6) is -0.115. The molecule has 3 aromatic rings. The second-order valence-electron chi connectivity index (χ2n) is 7.22. The van der Waals surface area contributed by atoms with Gasteiger partial charge in [0, 0.05) is 29.4 Å². The van der Waals surface area contributed by atoms with E-state index in [0.717, 1.165) is 35.4 Å². The zero-order valence-electron chi connectivity index (χ0n) is 17.2. The molecule has 0 aliphatic heterocycles. The molecule has 0 bridgehead atoms. The molecule has 31 heavy (non-hydrogen) atoms. The van der Waals surface area contributed by atoms with Gasteiger partial charge in [-0.25, -0.2) is 9.48 Å². The summed E-state index contributed by atoms with van der Waals surface area (Å²) in [5, 5.41) is 7.49. The Bertz CT molecular complexity index is 1080. The van der Waals surface area contributed by atoms with Crippen LogP contribution in [0, 0.1) is 0 Å². The third kappa shape index (κ3) is 5.39. The number of para-hydroxylation sites is 1. The van der Waals surface area contributed by atoms with E-state index < -0.39 is 5.97 Å². The van der Waals surface area contributed by atoms with E-state index in [1.165, 1.54) is 6.08 Å². The molecule has 1 N–H and O–H groups in total. The van der Waals surface area contributed by atoms with Gasteiger partial charge in [-0.1, -0.05) is 18.2 Å². The standard InChI is InChI=1S/C24H23N3O4/c1-30-21-12-7-17(8-13-21)24-18(15-27(26-24)20-5-3-2-4-6-20)9-14-23(29)31-16-22(28)25-19-10-11-19/h2-9,12-15,19H,10-11,16H2,1H3,(H,25,28)/b14-9+. The van der Waals surface area contributed by atoms with Crippen LogP contribution in [0.1, 0.15) is 18.4 Å². The first-order valence-electron chi connectivity index (χ1n) is 10.1. The molecule has 0 saturated heterocycles. The van der Waals surface area contributed by atoms with E-state index in [9.17, 15) is 9.59 Å². The highest BCUT2D eigenvalue weighted by Gasteiger charge is 2.23. The van der Waals surface area contributed by atoms with Crippen molar-refractivity contribution in [2.24, 2.45) is 0 Å². The van der Waals surface area contributed by atoms with E-state index in [1.54, 1.807) is 17.9 Å². The number of ether oxygens (including phenoxy) is 2. The van der Waals surface area contributed by atoms with Crippen LogP contribution in [0.2, 0.25) is 0 Å². The van der Waals surface area contributed by atoms with Crippen LogP contribution < -0.4 is 10.1 Å². The minimum Gasteiger partial charge on any atom is -0.497 e. The number of nitrogens with one attached hydrogen (secondary N) is 1. The molecule has 1 fully saturated rings. The molecule has 1 aliphatic rings. The van der Waals surface area contributed by atoms with E-state index >= 15 is 0 Å². The largest absolute Gasteiger partial charge is 0.497 e. The van der Waals surface area contributed by atoms with E-state index in [0.29, 0.717) is 5.69 Å². The lowest BCUT2D eigenvalue weighted by Gasteiger charge is -2.03. The molecule has 1 amide bonds. The van der Waals surface area contributed by atoms with E-state index in [2.05, 4.69) is 5.32 Å². The smallest absolute Gasteiger partial charge is 0.331 e. The molecule has 1 aromatic heterocycles. The fourth-order valence-corrected chi connectivity index (χ4v) is 3.04. The second kappa shape index (κ2) is 9.30. The fraction of sp³-hybridized carbons (Fsp3) is 0.208. The Morgan fingerprint density at radius 3 is 2.55 bits per heavy atom. The molecule has 1 heterocycles. The third-order valence-electron chi connectivity index (χ3n) is 4.81. The Kier molecular flexibility index (Phi) is 6.12. The molecule has 0 radical (unpaired) electrons. The first-order valence-corrected chi connectivity index (χ1v) is 10.1. The van der Waals surface area contributed by atoms with Crippen molar-refractivity contribution < 1.29 is 19.1 Å². The van der Waals surface area contributed by atoms with Crippen LogP contribution in [0.3, 0.4) is 0 Å². The van der Waals surface area contributed by atoms with Crippen LogP contribution in [-0.4, -0.2) is 41.4 Å². The molecule has 158 valence electrons. The maximum absolute atomic E-state index is 12.1. The molecule has 1 aliphatic carbocycles. The van der Waals surface area contributed by atoms with E-state index in [-0.39, 0.29) is 18.6 Å². The maximum Gasteiger partial charge on any atom is 0.331 e. The van der Waals surface area contributed by atoms with Crippen LogP contribution >= 0.6 is 0 Å². The van der Waals surface area contributed by atoms with Crippen LogP contribution in [0.25, 0.3) is 23.0 Å². The molecule has 7 heteroatoms. The van der Waals surface area contributed by atoms with Crippen LogP contribution in [0.15, 0.2) is 66.9 Å². The Morgan fingerprint density at radius 2 is 1.87 bits per heavy atom.